The number of hydrogen-bond acceptors (Lipinski definition) is 3. The Labute approximate surface area is 56.9 Å². The zero-order valence-electron chi connectivity index (χ0n) is 5.38. The van der Waals surface area contributed by atoms with Gasteiger partial charge in [0.25, 0.3) is 0 Å². The molecule has 0 aliphatic heterocycles. The second-order valence-corrected chi connectivity index (χ2v) is 2.16. The molecule has 0 atom stereocenters. The van der Waals surface area contributed by atoms with Gasteiger partial charge in [0.15, 0.2) is 0 Å². The smallest absolute Gasteiger partial charge is 0.327 e. The molecule has 0 spiro atoms. The van der Waals surface area contributed by atoms with Crippen LogP contribution < -0.4 is 5.73 Å². The minimum absolute atomic E-state index is 0.217. The number of unbranched alkanes of at least 4 members (excludes halogenated alkanes) is 2. The highest BCUT2D eigenvalue weighted by Crippen LogP contribution is 1.99. The second-order valence-electron chi connectivity index (χ2n) is 1.76. The monoisotopic (exact) mass is 149 g/mol. The fourth-order valence-corrected chi connectivity index (χ4v) is 0.729. The Morgan fingerprint density at radius 2 is 2.11 bits per heavy atom. The van der Waals surface area contributed by atoms with Gasteiger partial charge in [-0.25, -0.2) is 4.57 Å². The second kappa shape index (κ2) is 8.02. The molecule has 0 rings (SSSR count). The predicted molar refractivity (Wildman–Crippen MR) is 36.5 cm³/mol. The summed E-state index contributed by atoms with van der Waals surface area (Å²) >= 11 is 0. The first-order valence-electron chi connectivity index (χ1n) is 3.06. The van der Waals surface area contributed by atoms with Crippen LogP contribution in [0.2, 0.25) is 0 Å². The van der Waals surface area contributed by atoms with Gasteiger partial charge in [0.1, 0.15) is 0 Å². The topological polar surface area (TPSA) is 52.3 Å². The average molecular weight is 149 g/mol. The highest BCUT2D eigenvalue weighted by Gasteiger charge is 1.86. The Balaban J connectivity index is 2.66. The maximum atomic E-state index is 9.69. The molecule has 54 valence electrons. The Hall–Kier alpha value is 0.0200. The minimum Gasteiger partial charge on any atom is -0.330 e. The molecule has 0 saturated heterocycles. The van der Waals surface area contributed by atoms with Gasteiger partial charge in [-0.2, -0.15) is 0 Å². The van der Waals surface area contributed by atoms with Gasteiger partial charge in [0, 0.05) is 0 Å². The van der Waals surface area contributed by atoms with Crippen molar-refractivity contribution in [3.8, 4) is 0 Å². The van der Waals surface area contributed by atoms with Crippen LogP contribution in [-0.2, 0) is 9.09 Å². The molecule has 0 aromatic rings. The Morgan fingerprint density at radius 3 is 2.67 bits per heavy atom. The largest absolute Gasteiger partial charge is 0.330 e. The minimum atomic E-state index is -0.217. The van der Waals surface area contributed by atoms with Crippen molar-refractivity contribution in [1.82, 2.24) is 0 Å². The third kappa shape index (κ3) is 8.02. The number of rotatable bonds is 6. The molecule has 3 nitrogen and oxygen atoms in total. The fourth-order valence-electron chi connectivity index (χ4n) is 0.525. The van der Waals surface area contributed by atoms with E-state index in [-0.39, 0.29) is 8.69 Å². The molecular weight excluding hydrogens is 137 g/mol. The molecule has 0 aliphatic carbocycles. The van der Waals surface area contributed by atoms with E-state index in [0.717, 1.165) is 25.8 Å². The summed E-state index contributed by atoms with van der Waals surface area (Å²) in [4.78, 5) is 0. The lowest BCUT2D eigenvalue weighted by atomic mass is 10.2. The maximum Gasteiger partial charge on any atom is 0.327 e. The molecule has 2 N–H and O–H groups in total. The molecule has 0 amide bonds. The van der Waals surface area contributed by atoms with Gasteiger partial charge in [-0.3, -0.25) is 4.52 Å². The average Bonchev–Trinajstić information content (AvgIpc) is 1.89. The van der Waals surface area contributed by atoms with Gasteiger partial charge in [-0.15, -0.1) is 0 Å². The van der Waals surface area contributed by atoms with Gasteiger partial charge in [-0.05, 0) is 25.8 Å². The number of nitrogens with two attached hydrogens (primary N) is 1. The molecule has 0 fully saturated rings. The molecule has 0 unspecified atom stereocenters. The SMILES string of the molecule is NCCCCCOP=O. The first kappa shape index (κ1) is 9.02. The van der Waals surface area contributed by atoms with Gasteiger partial charge in [0.05, 0.1) is 6.61 Å². The lowest BCUT2D eigenvalue weighted by molar-refractivity contribution is 0.329. The van der Waals surface area contributed by atoms with E-state index < -0.39 is 0 Å². The summed E-state index contributed by atoms with van der Waals surface area (Å²) in [6, 6.07) is 0. The van der Waals surface area contributed by atoms with E-state index in [1.54, 1.807) is 0 Å². The highest BCUT2D eigenvalue weighted by atomic mass is 31.1. The summed E-state index contributed by atoms with van der Waals surface area (Å²) in [5, 5.41) is 0. The van der Waals surface area contributed by atoms with Crippen LogP contribution >= 0.6 is 8.69 Å². The van der Waals surface area contributed by atoms with Crippen molar-refractivity contribution in [3.05, 3.63) is 0 Å². The maximum absolute atomic E-state index is 9.69. The summed E-state index contributed by atoms with van der Waals surface area (Å²) in [6.07, 6.45) is 3.04. The molecule has 0 radical (unpaired) electrons. The predicted octanol–water partition coefficient (Wildman–Crippen LogP) is 1.34. The molecule has 0 aromatic heterocycles. The van der Waals surface area contributed by atoms with Crippen LogP contribution in [0.4, 0.5) is 0 Å². The van der Waals surface area contributed by atoms with E-state index in [1.807, 2.05) is 0 Å². The quantitative estimate of drug-likeness (QED) is 0.458. The zero-order valence-corrected chi connectivity index (χ0v) is 6.27. The van der Waals surface area contributed by atoms with Crippen LogP contribution in [-0.4, -0.2) is 13.2 Å². The van der Waals surface area contributed by atoms with Crippen LogP contribution in [0.1, 0.15) is 19.3 Å². The van der Waals surface area contributed by atoms with Crippen molar-refractivity contribution in [3.63, 3.8) is 0 Å². The summed E-state index contributed by atoms with van der Waals surface area (Å²) in [5.74, 6) is 0. The van der Waals surface area contributed by atoms with Crippen molar-refractivity contribution in [2.45, 2.75) is 19.3 Å². The Bertz CT molecular complexity index is 70.0. The van der Waals surface area contributed by atoms with E-state index in [9.17, 15) is 4.57 Å². The molecule has 9 heavy (non-hydrogen) atoms. The normalized spacial score (nSPS) is 10.3. The molecule has 4 heteroatoms. The molecule has 0 aromatic carbocycles. The fraction of sp³-hybridized carbons (Fsp3) is 1.00. The molecule has 0 heterocycles. The summed E-state index contributed by atoms with van der Waals surface area (Å²) in [6.45, 7) is 1.31. The summed E-state index contributed by atoms with van der Waals surface area (Å²) in [7, 11) is -0.217. The highest BCUT2D eigenvalue weighted by molar-refractivity contribution is 7.17. The van der Waals surface area contributed by atoms with Crippen molar-refractivity contribution >= 4 is 8.69 Å². The summed E-state index contributed by atoms with van der Waals surface area (Å²) < 4.78 is 14.2. The van der Waals surface area contributed by atoms with E-state index in [2.05, 4.69) is 4.52 Å². The van der Waals surface area contributed by atoms with Gasteiger partial charge in [0.2, 0.25) is 0 Å². The van der Waals surface area contributed by atoms with Gasteiger partial charge >= 0.3 is 8.69 Å². The molecular formula is C5H12NO2P. The lowest BCUT2D eigenvalue weighted by Gasteiger charge is -1.93. The van der Waals surface area contributed by atoms with E-state index in [4.69, 9.17) is 5.73 Å². The van der Waals surface area contributed by atoms with E-state index in [1.165, 1.54) is 0 Å². The summed E-state index contributed by atoms with van der Waals surface area (Å²) in [5.41, 5.74) is 5.24. The van der Waals surface area contributed by atoms with Crippen molar-refractivity contribution in [2.75, 3.05) is 13.2 Å². The molecule has 0 bridgehead atoms. The van der Waals surface area contributed by atoms with Crippen molar-refractivity contribution in [2.24, 2.45) is 5.73 Å². The van der Waals surface area contributed by atoms with E-state index in [0.29, 0.717) is 6.61 Å². The Morgan fingerprint density at radius 1 is 1.33 bits per heavy atom. The number of hydrogen-bond donors (Lipinski definition) is 1. The van der Waals surface area contributed by atoms with Crippen LogP contribution in [0.25, 0.3) is 0 Å². The van der Waals surface area contributed by atoms with Crippen molar-refractivity contribution < 1.29 is 9.09 Å². The third-order valence-corrected chi connectivity index (χ3v) is 1.28. The van der Waals surface area contributed by atoms with Crippen LogP contribution in [0.15, 0.2) is 0 Å². The van der Waals surface area contributed by atoms with Gasteiger partial charge < -0.3 is 5.73 Å². The zero-order chi connectivity index (χ0) is 6.95. The first-order valence-corrected chi connectivity index (χ1v) is 3.79. The standard InChI is InChI=1S/C5H12NO2P/c6-4-2-1-3-5-8-9-7/h1-6H2. The van der Waals surface area contributed by atoms with Crippen LogP contribution in [0.5, 0.6) is 0 Å². The van der Waals surface area contributed by atoms with E-state index >= 15 is 0 Å². The first-order chi connectivity index (χ1) is 4.41. The third-order valence-electron chi connectivity index (χ3n) is 0.992. The lowest BCUT2D eigenvalue weighted by Crippen LogP contribution is -1.98. The van der Waals surface area contributed by atoms with Crippen LogP contribution in [0, 0.1) is 0 Å². The molecule has 0 saturated carbocycles. The van der Waals surface area contributed by atoms with Crippen molar-refractivity contribution in [1.29, 1.82) is 0 Å². The van der Waals surface area contributed by atoms with Gasteiger partial charge in [-0.1, -0.05) is 0 Å². The van der Waals surface area contributed by atoms with Crippen LogP contribution in [0.3, 0.4) is 0 Å². The molecule has 0 aliphatic rings. The Kier molecular flexibility index (Phi) is 8.04.